The molecule has 0 heterocycles. The molecule has 0 aromatic heterocycles. The van der Waals surface area contributed by atoms with E-state index in [1.807, 2.05) is 0 Å². The van der Waals surface area contributed by atoms with E-state index in [0.717, 1.165) is 12.1 Å². The first kappa shape index (κ1) is 16.7. The second kappa shape index (κ2) is 6.85. The summed E-state index contributed by atoms with van der Waals surface area (Å²) in [5.41, 5.74) is 4.69. The summed E-state index contributed by atoms with van der Waals surface area (Å²) in [6.07, 6.45) is 0. The van der Waals surface area contributed by atoms with Crippen LogP contribution in [0.5, 0.6) is 0 Å². The number of sulfonamides is 1. The molecule has 0 unspecified atom stereocenters. The molecule has 0 spiro atoms. The Labute approximate surface area is 120 Å². The normalized spacial score (nSPS) is 10.9. The maximum atomic E-state index is 12.0. The van der Waals surface area contributed by atoms with Crippen LogP contribution in [0.4, 0.5) is 16.2 Å². The smallest absolute Gasteiger partial charge is 0.312 e. The van der Waals surface area contributed by atoms with Gasteiger partial charge in [0, 0.05) is 31.9 Å². The van der Waals surface area contributed by atoms with Crippen LogP contribution < -0.4 is 21.1 Å². The van der Waals surface area contributed by atoms with E-state index in [2.05, 4.69) is 15.4 Å². The highest BCUT2D eigenvalue weighted by atomic mass is 32.2. The van der Waals surface area contributed by atoms with Gasteiger partial charge in [0.05, 0.1) is 4.92 Å². The van der Waals surface area contributed by atoms with Gasteiger partial charge in [-0.05, 0) is 12.1 Å². The van der Waals surface area contributed by atoms with Crippen molar-refractivity contribution in [1.29, 1.82) is 0 Å². The molecule has 21 heavy (non-hydrogen) atoms. The quantitative estimate of drug-likeness (QED) is 0.304. The minimum atomic E-state index is -4.07. The number of hydrogen-bond donors (Lipinski definition) is 4. The minimum absolute atomic E-state index is 0.0308. The maximum absolute atomic E-state index is 12.0. The molecular formula is C10H15N5O5S. The molecule has 1 aromatic carbocycles. The minimum Gasteiger partial charge on any atom is -0.388 e. The molecule has 0 bridgehead atoms. The van der Waals surface area contributed by atoms with Gasteiger partial charge in [0.15, 0.2) is 4.90 Å². The number of carbonyl (C=O) groups excluding carboxylic acids is 1. The molecule has 2 amide bonds. The Morgan fingerprint density at radius 1 is 1.38 bits per heavy atom. The number of primary amides is 1. The summed E-state index contributed by atoms with van der Waals surface area (Å²) in [4.78, 5) is 20.2. The number of nitro benzene ring substituents is 1. The number of amides is 2. The van der Waals surface area contributed by atoms with Crippen molar-refractivity contribution in [3.05, 3.63) is 28.3 Å². The summed E-state index contributed by atoms with van der Waals surface area (Å²) in [5.74, 6) is 0. The average molecular weight is 317 g/mol. The van der Waals surface area contributed by atoms with E-state index >= 15 is 0 Å². The number of nitrogens with two attached hydrogens (primary N) is 1. The lowest BCUT2D eigenvalue weighted by molar-refractivity contribution is -0.387. The van der Waals surface area contributed by atoms with Crippen molar-refractivity contribution in [2.45, 2.75) is 4.90 Å². The lowest BCUT2D eigenvalue weighted by atomic mass is 10.3. The Hall–Kier alpha value is -2.40. The van der Waals surface area contributed by atoms with E-state index < -0.39 is 31.6 Å². The number of benzene rings is 1. The highest BCUT2D eigenvalue weighted by Crippen LogP contribution is 2.26. The number of carbonyl (C=O) groups is 1. The fourth-order valence-electron chi connectivity index (χ4n) is 1.49. The predicted molar refractivity (Wildman–Crippen MR) is 75.4 cm³/mol. The molecule has 0 saturated carbocycles. The van der Waals surface area contributed by atoms with E-state index in [0.29, 0.717) is 5.69 Å². The van der Waals surface area contributed by atoms with Gasteiger partial charge in [0.1, 0.15) is 0 Å². The first-order valence-corrected chi connectivity index (χ1v) is 7.25. The molecule has 0 saturated heterocycles. The topological polar surface area (TPSA) is 156 Å². The van der Waals surface area contributed by atoms with Crippen LogP contribution in [0, 0.1) is 10.1 Å². The third-order valence-electron chi connectivity index (χ3n) is 2.45. The molecule has 0 atom stereocenters. The van der Waals surface area contributed by atoms with E-state index in [9.17, 15) is 23.3 Å². The molecule has 1 rings (SSSR count). The van der Waals surface area contributed by atoms with Crippen molar-refractivity contribution in [2.24, 2.45) is 5.73 Å². The van der Waals surface area contributed by atoms with Crippen molar-refractivity contribution in [3.8, 4) is 0 Å². The third-order valence-corrected chi connectivity index (χ3v) is 3.96. The van der Waals surface area contributed by atoms with E-state index in [1.54, 1.807) is 7.05 Å². The van der Waals surface area contributed by atoms with Gasteiger partial charge in [-0.3, -0.25) is 10.1 Å². The van der Waals surface area contributed by atoms with E-state index in [4.69, 9.17) is 5.73 Å². The van der Waals surface area contributed by atoms with Crippen molar-refractivity contribution in [3.63, 3.8) is 0 Å². The highest BCUT2D eigenvalue weighted by molar-refractivity contribution is 7.89. The number of hydrogen-bond acceptors (Lipinski definition) is 6. The number of nitro groups is 1. The molecule has 5 N–H and O–H groups in total. The molecule has 1 aromatic rings. The van der Waals surface area contributed by atoms with Gasteiger partial charge in [-0.25, -0.2) is 17.9 Å². The van der Waals surface area contributed by atoms with Gasteiger partial charge in [-0.2, -0.15) is 0 Å². The van der Waals surface area contributed by atoms with Crippen LogP contribution in [0.15, 0.2) is 23.1 Å². The lowest BCUT2D eigenvalue weighted by Gasteiger charge is -2.08. The molecule has 0 fully saturated rings. The molecule has 0 radical (unpaired) electrons. The van der Waals surface area contributed by atoms with Crippen LogP contribution in [0.25, 0.3) is 0 Å². The first-order valence-electron chi connectivity index (χ1n) is 5.77. The fourth-order valence-corrected chi connectivity index (χ4v) is 2.67. The van der Waals surface area contributed by atoms with Crippen LogP contribution in [0.1, 0.15) is 0 Å². The molecular weight excluding hydrogens is 302 g/mol. The van der Waals surface area contributed by atoms with Crippen LogP contribution >= 0.6 is 0 Å². The third kappa shape index (κ3) is 4.57. The number of rotatable bonds is 7. The monoisotopic (exact) mass is 317 g/mol. The summed E-state index contributed by atoms with van der Waals surface area (Å²) in [5, 5.41) is 15.8. The fraction of sp³-hybridized carbons (Fsp3) is 0.300. The second-order valence-electron chi connectivity index (χ2n) is 3.88. The zero-order valence-corrected chi connectivity index (χ0v) is 11.9. The highest BCUT2D eigenvalue weighted by Gasteiger charge is 2.25. The maximum Gasteiger partial charge on any atom is 0.312 e. The van der Waals surface area contributed by atoms with E-state index in [1.165, 1.54) is 6.07 Å². The van der Waals surface area contributed by atoms with Gasteiger partial charge < -0.3 is 16.4 Å². The molecule has 0 aliphatic heterocycles. The van der Waals surface area contributed by atoms with Gasteiger partial charge in [0.2, 0.25) is 10.0 Å². The number of nitrogens with one attached hydrogen (secondary N) is 3. The standard InChI is InChI=1S/C10H15N5O5S/c1-12-7-2-3-9(8(6-7)15(17)18)21(19,20)14-5-4-13-10(11)16/h2-3,6,12,14H,4-5H2,1H3,(H3,11,13,16). The Balaban J connectivity index is 2.97. The van der Waals surface area contributed by atoms with Gasteiger partial charge >= 0.3 is 6.03 Å². The summed E-state index contributed by atoms with van der Waals surface area (Å²) in [7, 11) is -2.51. The Bertz CT molecular complexity index is 645. The second-order valence-corrected chi connectivity index (χ2v) is 5.61. The molecule has 0 aliphatic carbocycles. The van der Waals surface area contributed by atoms with Crippen molar-refractivity contribution in [1.82, 2.24) is 10.0 Å². The van der Waals surface area contributed by atoms with Crippen molar-refractivity contribution >= 4 is 27.4 Å². The largest absolute Gasteiger partial charge is 0.388 e. The van der Waals surface area contributed by atoms with Crippen molar-refractivity contribution < 1.29 is 18.1 Å². The molecule has 116 valence electrons. The summed E-state index contributed by atoms with van der Waals surface area (Å²) in [6, 6.07) is 2.87. The van der Waals surface area contributed by atoms with E-state index in [-0.39, 0.29) is 13.1 Å². The average Bonchev–Trinajstić information content (AvgIpc) is 2.42. The van der Waals surface area contributed by atoms with Gasteiger partial charge in [0.25, 0.3) is 5.69 Å². The summed E-state index contributed by atoms with van der Waals surface area (Å²) < 4.78 is 26.2. The Morgan fingerprint density at radius 3 is 2.57 bits per heavy atom. The zero-order valence-electron chi connectivity index (χ0n) is 11.1. The van der Waals surface area contributed by atoms with Crippen LogP contribution in [-0.2, 0) is 10.0 Å². The van der Waals surface area contributed by atoms with Gasteiger partial charge in [-0.1, -0.05) is 0 Å². The van der Waals surface area contributed by atoms with Crippen molar-refractivity contribution in [2.75, 3.05) is 25.5 Å². The first-order chi connectivity index (χ1) is 9.77. The van der Waals surface area contributed by atoms with Gasteiger partial charge in [-0.15, -0.1) is 0 Å². The van der Waals surface area contributed by atoms with Crippen LogP contribution in [-0.4, -0.2) is 39.5 Å². The molecule has 11 heteroatoms. The lowest BCUT2D eigenvalue weighted by Crippen LogP contribution is -2.37. The number of nitrogens with zero attached hydrogens (tertiary/aromatic N) is 1. The Morgan fingerprint density at radius 2 is 2.05 bits per heavy atom. The number of urea groups is 1. The molecule has 10 nitrogen and oxygen atoms in total. The Kier molecular flexibility index (Phi) is 5.44. The van der Waals surface area contributed by atoms with Crippen LogP contribution in [0.2, 0.25) is 0 Å². The molecule has 0 aliphatic rings. The van der Waals surface area contributed by atoms with Crippen LogP contribution in [0.3, 0.4) is 0 Å². The summed E-state index contributed by atoms with van der Waals surface area (Å²) >= 11 is 0. The number of anilines is 1. The predicted octanol–water partition coefficient (Wildman–Crippen LogP) is -0.417. The SMILES string of the molecule is CNc1ccc(S(=O)(=O)NCCNC(N)=O)c([N+](=O)[O-])c1. The zero-order chi connectivity index (χ0) is 16.0. The summed E-state index contributed by atoms with van der Waals surface area (Å²) in [6.45, 7) is -0.173.